The number of carbonyl (C=O) groups is 2. The molecule has 208 valence electrons. The van der Waals surface area contributed by atoms with Gasteiger partial charge in [0.2, 0.25) is 11.8 Å². The second-order valence-electron chi connectivity index (χ2n) is 9.48. The fourth-order valence-corrected chi connectivity index (χ4v) is 4.72. The van der Waals surface area contributed by atoms with E-state index in [0.717, 1.165) is 13.0 Å². The lowest BCUT2D eigenvalue weighted by Gasteiger charge is -2.15. The number of nitrogen functional groups attached to an aromatic ring is 1. The Labute approximate surface area is 232 Å². The van der Waals surface area contributed by atoms with Gasteiger partial charge in [-0.3, -0.25) is 14.2 Å². The van der Waals surface area contributed by atoms with E-state index in [0.29, 0.717) is 59.8 Å². The van der Waals surface area contributed by atoms with Crippen LogP contribution in [0.3, 0.4) is 0 Å². The summed E-state index contributed by atoms with van der Waals surface area (Å²) < 4.78 is 26.2. The topological polar surface area (TPSA) is 154 Å². The average Bonchev–Trinajstić information content (AvgIpc) is 3.69. The van der Waals surface area contributed by atoms with E-state index < -0.39 is 5.82 Å². The van der Waals surface area contributed by atoms with Gasteiger partial charge in [0.05, 0.1) is 11.7 Å². The molecule has 0 spiro atoms. The Morgan fingerprint density at radius 3 is 2.76 bits per heavy atom. The molecule has 0 radical (unpaired) electrons. The predicted octanol–water partition coefficient (Wildman–Crippen LogP) is 3.73. The number of nitrogens with two attached hydrogens (primary N) is 1. The molecule has 1 aliphatic heterocycles. The molecule has 12 nitrogen and oxygen atoms in total. The Morgan fingerprint density at radius 1 is 1.15 bits per heavy atom. The van der Waals surface area contributed by atoms with E-state index >= 15 is 0 Å². The van der Waals surface area contributed by atoms with Crippen LogP contribution in [-0.4, -0.2) is 61.2 Å². The van der Waals surface area contributed by atoms with Crippen LogP contribution in [0, 0.1) is 5.82 Å². The highest BCUT2D eigenvalue weighted by Crippen LogP contribution is 2.32. The first-order valence-corrected chi connectivity index (χ1v) is 13.0. The smallest absolute Gasteiger partial charge is 0.251 e. The van der Waals surface area contributed by atoms with Crippen molar-refractivity contribution >= 4 is 28.7 Å². The third kappa shape index (κ3) is 5.41. The van der Waals surface area contributed by atoms with E-state index in [1.54, 1.807) is 47.0 Å². The standard InChI is InChI=1S/C28H25FN8O4/c29-18-7-9-19(10-8-18)37-22-15-23(32-16-21(22)33-27(37)25-26(30)35-41-34-25)40-20-5-1-4-17(14-20)28(39)31-11-3-13-36-12-2-6-24(36)38/h1,4-5,7-10,14-16H,2-3,6,11-13H2,(H2,30,35)(H,31,39). The van der Waals surface area contributed by atoms with Crippen molar-refractivity contribution < 1.29 is 23.3 Å². The maximum absolute atomic E-state index is 13.7. The fourth-order valence-electron chi connectivity index (χ4n) is 4.72. The zero-order chi connectivity index (χ0) is 28.3. The van der Waals surface area contributed by atoms with Crippen molar-refractivity contribution in [1.82, 2.24) is 35.1 Å². The van der Waals surface area contributed by atoms with Crippen molar-refractivity contribution in [1.29, 1.82) is 0 Å². The number of nitrogens with one attached hydrogen (secondary N) is 1. The molecule has 0 bridgehead atoms. The van der Waals surface area contributed by atoms with Crippen molar-refractivity contribution in [3.63, 3.8) is 0 Å². The number of likely N-dealkylation sites (tertiary alicyclic amines) is 1. The molecular weight excluding hydrogens is 531 g/mol. The monoisotopic (exact) mass is 556 g/mol. The van der Waals surface area contributed by atoms with E-state index in [9.17, 15) is 14.0 Å². The lowest BCUT2D eigenvalue weighted by Crippen LogP contribution is -2.30. The van der Waals surface area contributed by atoms with E-state index in [4.69, 9.17) is 15.1 Å². The van der Waals surface area contributed by atoms with Crippen LogP contribution in [0.4, 0.5) is 10.2 Å². The molecule has 0 atom stereocenters. The van der Waals surface area contributed by atoms with Crippen molar-refractivity contribution in [2.75, 3.05) is 25.4 Å². The van der Waals surface area contributed by atoms with Crippen LogP contribution < -0.4 is 15.8 Å². The first-order chi connectivity index (χ1) is 20.0. The Kier molecular flexibility index (Phi) is 6.98. The Balaban J connectivity index is 1.22. The van der Waals surface area contributed by atoms with Crippen LogP contribution in [0.15, 0.2) is 65.4 Å². The number of aromatic nitrogens is 5. The van der Waals surface area contributed by atoms with Gasteiger partial charge in [0.1, 0.15) is 17.1 Å². The molecule has 1 saturated heterocycles. The number of ether oxygens (including phenoxy) is 1. The van der Waals surface area contributed by atoms with Crippen LogP contribution in [0.2, 0.25) is 0 Å². The number of pyridine rings is 1. The summed E-state index contributed by atoms with van der Waals surface area (Å²) in [4.78, 5) is 35.3. The summed E-state index contributed by atoms with van der Waals surface area (Å²) in [7, 11) is 0. The van der Waals surface area contributed by atoms with E-state index in [-0.39, 0.29) is 29.2 Å². The number of rotatable bonds is 9. The minimum Gasteiger partial charge on any atom is -0.439 e. The van der Waals surface area contributed by atoms with Gasteiger partial charge >= 0.3 is 0 Å². The summed E-state index contributed by atoms with van der Waals surface area (Å²) in [6, 6.07) is 14.3. The van der Waals surface area contributed by atoms with E-state index in [2.05, 4.69) is 25.6 Å². The molecule has 1 aliphatic rings. The number of fused-ring (bicyclic) bond motifs is 1. The molecule has 13 heteroatoms. The number of imidazole rings is 1. The van der Waals surface area contributed by atoms with Gasteiger partial charge in [-0.1, -0.05) is 6.07 Å². The summed E-state index contributed by atoms with van der Waals surface area (Å²) in [5.74, 6) is 0.564. The van der Waals surface area contributed by atoms with E-state index in [1.165, 1.54) is 18.3 Å². The molecule has 0 aliphatic carbocycles. The van der Waals surface area contributed by atoms with Crippen molar-refractivity contribution in [2.45, 2.75) is 19.3 Å². The van der Waals surface area contributed by atoms with Crippen molar-refractivity contribution in [3.8, 4) is 28.8 Å². The highest BCUT2D eigenvalue weighted by Gasteiger charge is 2.22. The summed E-state index contributed by atoms with van der Waals surface area (Å²) in [6.07, 6.45) is 3.70. The van der Waals surface area contributed by atoms with Crippen LogP contribution in [0.1, 0.15) is 29.6 Å². The van der Waals surface area contributed by atoms with Gasteiger partial charge in [0.15, 0.2) is 17.3 Å². The summed E-state index contributed by atoms with van der Waals surface area (Å²) in [5.41, 5.74) is 8.27. The second kappa shape index (κ2) is 11.0. The summed E-state index contributed by atoms with van der Waals surface area (Å²) in [5, 5.41) is 10.4. The summed E-state index contributed by atoms with van der Waals surface area (Å²) >= 11 is 0. The average molecular weight is 557 g/mol. The highest BCUT2D eigenvalue weighted by atomic mass is 19.1. The summed E-state index contributed by atoms with van der Waals surface area (Å²) in [6.45, 7) is 1.86. The normalized spacial score (nSPS) is 13.2. The number of carbonyl (C=O) groups excluding carboxylic acids is 2. The zero-order valence-electron chi connectivity index (χ0n) is 21.8. The van der Waals surface area contributed by atoms with Crippen LogP contribution in [0.5, 0.6) is 11.6 Å². The maximum atomic E-state index is 13.7. The third-order valence-corrected chi connectivity index (χ3v) is 6.71. The lowest BCUT2D eigenvalue weighted by molar-refractivity contribution is -0.127. The largest absolute Gasteiger partial charge is 0.439 e. The van der Waals surface area contributed by atoms with Crippen LogP contribution in [0.25, 0.3) is 28.2 Å². The molecule has 2 aromatic carbocycles. The third-order valence-electron chi connectivity index (χ3n) is 6.71. The van der Waals surface area contributed by atoms with Crippen LogP contribution >= 0.6 is 0 Å². The molecule has 41 heavy (non-hydrogen) atoms. The first-order valence-electron chi connectivity index (χ1n) is 13.0. The van der Waals surface area contributed by atoms with Gasteiger partial charge < -0.3 is 20.7 Å². The molecule has 2 amide bonds. The second-order valence-corrected chi connectivity index (χ2v) is 9.48. The number of hydrogen-bond donors (Lipinski definition) is 2. The number of halogens is 1. The lowest BCUT2D eigenvalue weighted by atomic mass is 10.2. The zero-order valence-corrected chi connectivity index (χ0v) is 21.8. The Morgan fingerprint density at radius 2 is 2.00 bits per heavy atom. The molecule has 6 rings (SSSR count). The van der Waals surface area contributed by atoms with Gasteiger partial charge in [0.25, 0.3) is 5.91 Å². The number of nitrogens with zero attached hydrogens (tertiary/aromatic N) is 6. The molecule has 5 aromatic rings. The maximum Gasteiger partial charge on any atom is 0.251 e. The number of amides is 2. The first kappa shape index (κ1) is 25.9. The van der Waals surface area contributed by atoms with Gasteiger partial charge in [-0.25, -0.2) is 19.0 Å². The molecule has 0 unspecified atom stereocenters. The van der Waals surface area contributed by atoms with Gasteiger partial charge in [-0.05, 0) is 65.6 Å². The Hall–Kier alpha value is -5.33. The van der Waals surface area contributed by atoms with Crippen molar-refractivity contribution in [3.05, 3.63) is 72.2 Å². The minimum atomic E-state index is -0.390. The van der Waals surface area contributed by atoms with Gasteiger partial charge in [0, 0.05) is 43.4 Å². The number of hydrogen-bond acceptors (Lipinski definition) is 9. The van der Waals surface area contributed by atoms with E-state index in [1.807, 2.05) is 4.90 Å². The predicted molar refractivity (Wildman–Crippen MR) is 146 cm³/mol. The number of anilines is 1. The van der Waals surface area contributed by atoms with Crippen molar-refractivity contribution in [2.24, 2.45) is 0 Å². The quantitative estimate of drug-likeness (QED) is 0.258. The van der Waals surface area contributed by atoms with Crippen LogP contribution in [-0.2, 0) is 4.79 Å². The highest BCUT2D eigenvalue weighted by molar-refractivity contribution is 5.94. The molecule has 0 saturated carbocycles. The molecular formula is C28H25FN8O4. The molecule has 3 N–H and O–H groups in total. The molecule has 1 fully saturated rings. The molecule has 4 heterocycles. The molecule has 3 aromatic heterocycles. The van der Waals surface area contributed by atoms with Gasteiger partial charge in [-0.15, -0.1) is 0 Å². The fraction of sp³-hybridized carbons (Fsp3) is 0.214. The Bertz CT molecular complexity index is 1730. The minimum absolute atomic E-state index is 0.0488. The number of benzene rings is 2. The SMILES string of the molecule is Nc1nonc1-c1nc2cnc(Oc3cccc(C(=O)NCCCN4CCCC4=O)c3)cc2n1-c1ccc(F)cc1. The van der Waals surface area contributed by atoms with Gasteiger partial charge in [-0.2, -0.15) is 0 Å².